The lowest BCUT2D eigenvalue weighted by molar-refractivity contribution is -0.115. The number of piperidine rings is 1. The maximum Gasteiger partial charge on any atom is 0.251 e. The molecule has 0 bridgehead atoms. The van der Waals surface area contributed by atoms with Crippen molar-refractivity contribution < 1.29 is 18.0 Å². The second kappa shape index (κ2) is 8.64. The van der Waals surface area contributed by atoms with Gasteiger partial charge in [0, 0.05) is 12.1 Å². The molecule has 1 aliphatic heterocycles. The molecule has 0 aliphatic carbocycles. The first-order valence-corrected chi connectivity index (χ1v) is 9.47. The van der Waals surface area contributed by atoms with Crippen LogP contribution in [0.4, 0.5) is 0 Å². The molecule has 0 unspecified atom stereocenters. The van der Waals surface area contributed by atoms with Crippen molar-refractivity contribution in [1.29, 1.82) is 0 Å². The average molecular weight is 390 g/mol. The van der Waals surface area contributed by atoms with E-state index in [1.165, 1.54) is 24.3 Å². The molecule has 2 rings (SSSR count). The first-order valence-electron chi connectivity index (χ1n) is 7.82. The van der Waals surface area contributed by atoms with E-state index < -0.39 is 21.5 Å². The summed E-state index contributed by atoms with van der Waals surface area (Å²) in [6.07, 6.45) is 2.00. The summed E-state index contributed by atoms with van der Waals surface area (Å²) in [7, 11) is -3.75. The van der Waals surface area contributed by atoms with Gasteiger partial charge in [0.05, 0.1) is 4.90 Å². The van der Waals surface area contributed by atoms with Crippen molar-refractivity contribution in [3.05, 3.63) is 29.8 Å². The molecule has 1 heterocycles. The summed E-state index contributed by atoms with van der Waals surface area (Å²) in [6, 6.07) is 5.51. The average Bonchev–Trinajstić information content (AvgIpc) is 2.52. The van der Waals surface area contributed by atoms with Crippen molar-refractivity contribution in [3.8, 4) is 0 Å². The van der Waals surface area contributed by atoms with E-state index >= 15 is 0 Å². The van der Waals surface area contributed by atoms with E-state index in [1.54, 1.807) is 0 Å². The molecule has 0 radical (unpaired) electrons. The van der Waals surface area contributed by atoms with E-state index in [0.717, 1.165) is 25.9 Å². The van der Waals surface area contributed by atoms with E-state index in [2.05, 4.69) is 17.6 Å². The molecule has 1 aromatic rings. The van der Waals surface area contributed by atoms with Crippen LogP contribution < -0.4 is 16.4 Å². The number of hydrogen-bond donors (Lipinski definition) is 3. The Hall–Kier alpha value is -1.64. The van der Waals surface area contributed by atoms with Gasteiger partial charge in [0.15, 0.2) is 9.84 Å². The Morgan fingerprint density at radius 3 is 2.28 bits per heavy atom. The number of rotatable bonds is 6. The molecule has 0 spiro atoms. The summed E-state index contributed by atoms with van der Waals surface area (Å²) in [5.74, 6) is -1.90. The molecule has 25 heavy (non-hydrogen) atoms. The second-order valence-corrected chi connectivity index (χ2v) is 8.48. The number of nitrogens with two attached hydrogens (primary N) is 1. The van der Waals surface area contributed by atoms with Gasteiger partial charge in [-0.2, -0.15) is 0 Å². The Bertz CT molecular complexity index is 713. The number of carbonyl (C=O) groups excluding carboxylic acids is 2. The number of hydrogen-bond acceptors (Lipinski definition) is 5. The van der Waals surface area contributed by atoms with E-state index in [-0.39, 0.29) is 28.6 Å². The second-order valence-electron chi connectivity index (χ2n) is 6.49. The highest BCUT2D eigenvalue weighted by Crippen LogP contribution is 2.26. The topological polar surface area (TPSA) is 118 Å². The first-order chi connectivity index (χ1) is 11.2. The third kappa shape index (κ3) is 5.98. The molecule has 140 valence electrons. The van der Waals surface area contributed by atoms with Crippen molar-refractivity contribution in [3.63, 3.8) is 0 Å². The molecule has 9 heteroatoms. The van der Waals surface area contributed by atoms with Gasteiger partial charge in [-0.1, -0.05) is 6.92 Å². The number of nitrogens with one attached hydrogen (secondary N) is 2. The number of amides is 2. The Kier molecular flexibility index (Phi) is 7.40. The summed E-state index contributed by atoms with van der Waals surface area (Å²) >= 11 is 0. The van der Waals surface area contributed by atoms with Crippen LogP contribution in [0.3, 0.4) is 0 Å². The van der Waals surface area contributed by atoms with Crippen LogP contribution in [0.1, 0.15) is 30.1 Å². The third-order valence-corrected chi connectivity index (χ3v) is 5.95. The zero-order valence-corrected chi connectivity index (χ0v) is 15.7. The van der Waals surface area contributed by atoms with Crippen molar-refractivity contribution in [2.24, 2.45) is 11.1 Å². The maximum atomic E-state index is 12.2. The van der Waals surface area contributed by atoms with Gasteiger partial charge in [0.1, 0.15) is 5.75 Å². The highest BCUT2D eigenvalue weighted by atomic mass is 35.5. The number of benzene rings is 1. The highest BCUT2D eigenvalue weighted by Gasteiger charge is 2.27. The number of sulfone groups is 1. The van der Waals surface area contributed by atoms with Crippen LogP contribution in [0, 0.1) is 5.41 Å². The predicted octanol–water partition coefficient (Wildman–Crippen LogP) is 0.487. The molecule has 1 saturated heterocycles. The zero-order chi connectivity index (χ0) is 17.8. The van der Waals surface area contributed by atoms with E-state index in [0.29, 0.717) is 12.1 Å². The van der Waals surface area contributed by atoms with Gasteiger partial charge in [0.2, 0.25) is 5.91 Å². The van der Waals surface area contributed by atoms with Gasteiger partial charge in [-0.25, -0.2) is 8.42 Å². The Morgan fingerprint density at radius 2 is 1.76 bits per heavy atom. The maximum absolute atomic E-state index is 12.2. The monoisotopic (exact) mass is 389 g/mol. The minimum Gasteiger partial charge on any atom is -0.369 e. The lowest BCUT2D eigenvalue weighted by atomic mass is 9.81. The molecule has 7 nitrogen and oxygen atoms in total. The number of carbonyl (C=O) groups is 2. The third-order valence-electron chi connectivity index (χ3n) is 4.29. The predicted molar refractivity (Wildman–Crippen MR) is 97.5 cm³/mol. The molecule has 0 saturated carbocycles. The van der Waals surface area contributed by atoms with E-state index in [1.807, 2.05) is 0 Å². The Labute approximate surface area is 154 Å². The summed E-state index contributed by atoms with van der Waals surface area (Å²) in [6.45, 7) is 4.61. The minimum atomic E-state index is -3.75. The molecule has 1 aromatic carbocycles. The first kappa shape index (κ1) is 21.4. The van der Waals surface area contributed by atoms with Crippen molar-refractivity contribution >= 4 is 34.1 Å². The normalized spacial score (nSPS) is 16.5. The molecule has 4 N–H and O–H groups in total. The highest BCUT2D eigenvalue weighted by molar-refractivity contribution is 7.92. The van der Waals surface area contributed by atoms with Gasteiger partial charge < -0.3 is 16.4 Å². The lowest BCUT2D eigenvalue weighted by Gasteiger charge is -2.34. The number of primary amides is 1. The van der Waals surface area contributed by atoms with Crippen LogP contribution in [0.25, 0.3) is 0 Å². The Morgan fingerprint density at radius 1 is 1.20 bits per heavy atom. The fraction of sp³-hybridized carbons (Fsp3) is 0.500. The molecular formula is C16H24ClN3O4S. The molecule has 2 amide bonds. The SMILES string of the molecule is CC1(CNC(=O)c2ccc(S(=O)(=O)CC(N)=O)cc2)CCNCC1.Cl. The summed E-state index contributed by atoms with van der Waals surface area (Å²) in [4.78, 5) is 23.0. The quantitative estimate of drug-likeness (QED) is 0.654. The van der Waals surface area contributed by atoms with E-state index in [4.69, 9.17) is 5.73 Å². The van der Waals surface area contributed by atoms with Crippen LogP contribution in [0.15, 0.2) is 29.2 Å². The van der Waals surface area contributed by atoms with Gasteiger partial charge in [0.25, 0.3) is 5.91 Å². The summed E-state index contributed by atoms with van der Waals surface area (Å²) in [5, 5.41) is 6.20. The Balaban J connectivity index is 0.00000312. The van der Waals surface area contributed by atoms with Crippen molar-refractivity contribution in [1.82, 2.24) is 10.6 Å². The van der Waals surface area contributed by atoms with Crippen LogP contribution in [0.2, 0.25) is 0 Å². The largest absolute Gasteiger partial charge is 0.369 e. The van der Waals surface area contributed by atoms with Crippen LogP contribution >= 0.6 is 12.4 Å². The fourth-order valence-electron chi connectivity index (χ4n) is 2.69. The van der Waals surface area contributed by atoms with Crippen LogP contribution in [-0.2, 0) is 14.6 Å². The van der Waals surface area contributed by atoms with Gasteiger partial charge in [-0.15, -0.1) is 12.4 Å². The van der Waals surface area contributed by atoms with Crippen LogP contribution in [-0.4, -0.2) is 45.6 Å². The van der Waals surface area contributed by atoms with Gasteiger partial charge in [-0.05, 0) is 55.6 Å². The summed E-state index contributed by atoms with van der Waals surface area (Å²) < 4.78 is 23.8. The zero-order valence-electron chi connectivity index (χ0n) is 14.1. The molecule has 0 aromatic heterocycles. The standard InChI is InChI=1S/C16H23N3O4S.ClH/c1-16(6-8-18-9-7-16)11-19-15(21)12-2-4-13(5-3-12)24(22,23)10-14(17)20;/h2-5,18H,6-11H2,1H3,(H2,17,20)(H,19,21);1H. The number of halogens is 1. The summed E-state index contributed by atoms with van der Waals surface area (Å²) in [5.41, 5.74) is 5.39. The fourth-order valence-corrected chi connectivity index (χ4v) is 3.78. The van der Waals surface area contributed by atoms with E-state index in [9.17, 15) is 18.0 Å². The van der Waals surface area contributed by atoms with Crippen LogP contribution in [0.5, 0.6) is 0 Å². The van der Waals surface area contributed by atoms with Gasteiger partial charge in [-0.3, -0.25) is 9.59 Å². The molecule has 1 fully saturated rings. The molecular weight excluding hydrogens is 366 g/mol. The van der Waals surface area contributed by atoms with Gasteiger partial charge >= 0.3 is 0 Å². The lowest BCUT2D eigenvalue weighted by Crippen LogP contribution is -2.42. The minimum absolute atomic E-state index is 0. The molecule has 0 atom stereocenters. The van der Waals surface area contributed by atoms with Crippen molar-refractivity contribution in [2.75, 3.05) is 25.4 Å². The molecule has 1 aliphatic rings. The smallest absolute Gasteiger partial charge is 0.251 e. The van der Waals surface area contributed by atoms with Crippen molar-refractivity contribution in [2.45, 2.75) is 24.7 Å².